The van der Waals surface area contributed by atoms with Gasteiger partial charge in [-0.3, -0.25) is 4.90 Å². The van der Waals surface area contributed by atoms with E-state index in [1.807, 2.05) is 28.8 Å². The van der Waals surface area contributed by atoms with Gasteiger partial charge in [0.25, 0.3) is 0 Å². The quantitative estimate of drug-likeness (QED) is 0.808. The third-order valence-corrected chi connectivity index (χ3v) is 3.22. The minimum Gasteiger partial charge on any atom is -0.313 e. The van der Waals surface area contributed by atoms with Gasteiger partial charge in [-0.15, -0.1) is 0 Å². The van der Waals surface area contributed by atoms with Crippen molar-refractivity contribution in [2.75, 3.05) is 13.1 Å². The standard InChI is InChI=1S/C14H18N4/c1-3-17(4-2)11-14-16-12-7-5-6-8-13(12)18(14)10-9-15/h5-8H,3-4,10-11H2,1-2H3. The number of para-hydroxylation sites is 2. The molecule has 0 unspecified atom stereocenters. The number of hydrogen-bond donors (Lipinski definition) is 0. The molecule has 0 radical (unpaired) electrons. The molecule has 0 spiro atoms. The summed E-state index contributed by atoms with van der Waals surface area (Å²) in [5.74, 6) is 0.974. The van der Waals surface area contributed by atoms with Crippen LogP contribution in [0.5, 0.6) is 0 Å². The number of benzene rings is 1. The van der Waals surface area contributed by atoms with Crippen LogP contribution in [0, 0.1) is 11.3 Å². The third-order valence-electron chi connectivity index (χ3n) is 3.22. The SMILES string of the molecule is CCN(CC)Cc1nc2ccccc2n1CC#N. The van der Waals surface area contributed by atoms with E-state index >= 15 is 0 Å². The van der Waals surface area contributed by atoms with E-state index < -0.39 is 0 Å². The number of nitriles is 1. The van der Waals surface area contributed by atoms with Gasteiger partial charge in [-0.1, -0.05) is 26.0 Å². The molecule has 0 fully saturated rings. The molecule has 4 nitrogen and oxygen atoms in total. The molecule has 0 N–H and O–H groups in total. The zero-order valence-corrected chi connectivity index (χ0v) is 10.9. The van der Waals surface area contributed by atoms with Gasteiger partial charge in [-0.25, -0.2) is 4.98 Å². The van der Waals surface area contributed by atoms with Crippen molar-refractivity contribution in [3.05, 3.63) is 30.1 Å². The van der Waals surface area contributed by atoms with Crippen LogP contribution in [-0.2, 0) is 13.1 Å². The van der Waals surface area contributed by atoms with Crippen LogP contribution in [0.2, 0.25) is 0 Å². The van der Waals surface area contributed by atoms with Crippen LogP contribution in [0.1, 0.15) is 19.7 Å². The van der Waals surface area contributed by atoms with Crippen molar-refractivity contribution in [3.63, 3.8) is 0 Å². The summed E-state index contributed by atoms with van der Waals surface area (Å²) in [6, 6.07) is 10.2. The van der Waals surface area contributed by atoms with E-state index in [4.69, 9.17) is 5.26 Å². The maximum Gasteiger partial charge on any atom is 0.125 e. The maximum absolute atomic E-state index is 8.96. The van der Waals surface area contributed by atoms with Crippen molar-refractivity contribution in [1.29, 1.82) is 5.26 Å². The van der Waals surface area contributed by atoms with Gasteiger partial charge in [0.2, 0.25) is 0 Å². The van der Waals surface area contributed by atoms with Gasteiger partial charge < -0.3 is 4.57 Å². The van der Waals surface area contributed by atoms with Crippen LogP contribution in [0.15, 0.2) is 24.3 Å². The Morgan fingerprint density at radius 1 is 1.28 bits per heavy atom. The first-order valence-electron chi connectivity index (χ1n) is 6.33. The molecule has 18 heavy (non-hydrogen) atoms. The van der Waals surface area contributed by atoms with Crippen molar-refractivity contribution >= 4 is 11.0 Å². The molecule has 0 saturated carbocycles. The Morgan fingerprint density at radius 3 is 2.67 bits per heavy atom. The lowest BCUT2D eigenvalue weighted by Gasteiger charge is -2.17. The predicted molar refractivity (Wildman–Crippen MR) is 72.0 cm³/mol. The summed E-state index contributed by atoms with van der Waals surface area (Å²) < 4.78 is 2.01. The molecule has 0 atom stereocenters. The van der Waals surface area contributed by atoms with Crippen LogP contribution in [-0.4, -0.2) is 27.5 Å². The fraction of sp³-hybridized carbons (Fsp3) is 0.429. The molecular weight excluding hydrogens is 224 g/mol. The number of nitrogens with zero attached hydrogens (tertiary/aromatic N) is 4. The smallest absolute Gasteiger partial charge is 0.125 e. The third kappa shape index (κ3) is 2.36. The van der Waals surface area contributed by atoms with E-state index in [0.29, 0.717) is 6.54 Å². The molecule has 0 aliphatic rings. The minimum atomic E-state index is 0.358. The highest BCUT2D eigenvalue weighted by atomic mass is 15.2. The van der Waals surface area contributed by atoms with E-state index in [-0.39, 0.29) is 0 Å². The normalized spacial score (nSPS) is 11.0. The van der Waals surface area contributed by atoms with E-state index in [0.717, 1.165) is 36.5 Å². The fourth-order valence-corrected chi connectivity index (χ4v) is 2.14. The van der Waals surface area contributed by atoms with Crippen LogP contribution in [0.3, 0.4) is 0 Å². The van der Waals surface area contributed by atoms with Crippen molar-refractivity contribution in [3.8, 4) is 6.07 Å². The zero-order valence-electron chi connectivity index (χ0n) is 10.9. The Labute approximate surface area is 107 Å². The Hall–Kier alpha value is -1.86. The van der Waals surface area contributed by atoms with Gasteiger partial charge in [0.05, 0.1) is 23.6 Å². The Bertz CT molecular complexity index is 561. The highest BCUT2D eigenvalue weighted by Gasteiger charge is 2.12. The summed E-state index contributed by atoms with van der Waals surface area (Å²) in [5.41, 5.74) is 2.01. The van der Waals surface area contributed by atoms with Gasteiger partial charge in [0.15, 0.2) is 0 Å². The second-order valence-corrected chi connectivity index (χ2v) is 4.22. The monoisotopic (exact) mass is 242 g/mol. The molecule has 0 bridgehead atoms. The topological polar surface area (TPSA) is 44.9 Å². The number of rotatable bonds is 5. The highest BCUT2D eigenvalue weighted by molar-refractivity contribution is 5.75. The average Bonchev–Trinajstić information content (AvgIpc) is 2.75. The van der Waals surface area contributed by atoms with E-state index in [9.17, 15) is 0 Å². The number of imidazole rings is 1. The summed E-state index contributed by atoms with van der Waals surface area (Å²) in [5, 5.41) is 8.96. The highest BCUT2D eigenvalue weighted by Crippen LogP contribution is 2.17. The first kappa shape index (κ1) is 12.6. The zero-order chi connectivity index (χ0) is 13.0. The number of hydrogen-bond acceptors (Lipinski definition) is 3. The average molecular weight is 242 g/mol. The lowest BCUT2D eigenvalue weighted by atomic mass is 10.3. The summed E-state index contributed by atoms with van der Waals surface area (Å²) in [4.78, 5) is 6.94. The van der Waals surface area contributed by atoms with Gasteiger partial charge in [-0.05, 0) is 25.2 Å². The van der Waals surface area contributed by atoms with Crippen LogP contribution in [0.25, 0.3) is 11.0 Å². The Balaban J connectivity index is 2.42. The molecule has 2 rings (SSSR count). The van der Waals surface area contributed by atoms with Crippen molar-refractivity contribution in [2.24, 2.45) is 0 Å². The van der Waals surface area contributed by atoms with E-state index in [1.54, 1.807) is 0 Å². The molecule has 0 amide bonds. The molecule has 1 aromatic heterocycles. The Kier molecular flexibility index (Phi) is 3.96. The van der Waals surface area contributed by atoms with Gasteiger partial charge in [-0.2, -0.15) is 5.26 Å². The van der Waals surface area contributed by atoms with E-state index in [2.05, 4.69) is 29.8 Å². The molecule has 2 aromatic rings. The molecule has 1 heterocycles. The fourth-order valence-electron chi connectivity index (χ4n) is 2.14. The summed E-state index contributed by atoms with van der Waals surface area (Å²) in [6.07, 6.45) is 0. The molecule has 94 valence electrons. The molecule has 1 aromatic carbocycles. The molecule has 0 aliphatic heterocycles. The maximum atomic E-state index is 8.96. The second-order valence-electron chi connectivity index (χ2n) is 4.22. The van der Waals surface area contributed by atoms with Gasteiger partial charge >= 0.3 is 0 Å². The summed E-state index contributed by atoms with van der Waals surface area (Å²) in [6.45, 7) is 7.42. The molecule has 0 aliphatic carbocycles. The van der Waals surface area contributed by atoms with Gasteiger partial charge in [0.1, 0.15) is 12.4 Å². The van der Waals surface area contributed by atoms with Crippen molar-refractivity contribution in [1.82, 2.24) is 14.5 Å². The summed E-state index contributed by atoms with van der Waals surface area (Å²) in [7, 11) is 0. The van der Waals surface area contributed by atoms with Crippen LogP contribution < -0.4 is 0 Å². The molecule has 4 heteroatoms. The summed E-state index contributed by atoms with van der Waals surface area (Å²) >= 11 is 0. The molecule has 0 saturated heterocycles. The van der Waals surface area contributed by atoms with Crippen LogP contribution in [0.4, 0.5) is 0 Å². The van der Waals surface area contributed by atoms with Crippen molar-refractivity contribution < 1.29 is 0 Å². The molecular formula is C14H18N4. The Morgan fingerprint density at radius 2 is 2.00 bits per heavy atom. The van der Waals surface area contributed by atoms with Gasteiger partial charge in [0, 0.05) is 0 Å². The number of aromatic nitrogens is 2. The first-order valence-corrected chi connectivity index (χ1v) is 6.33. The lowest BCUT2D eigenvalue weighted by Crippen LogP contribution is -2.24. The van der Waals surface area contributed by atoms with E-state index in [1.165, 1.54) is 0 Å². The second kappa shape index (κ2) is 5.65. The largest absolute Gasteiger partial charge is 0.313 e. The van der Waals surface area contributed by atoms with Crippen molar-refractivity contribution in [2.45, 2.75) is 26.9 Å². The van der Waals surface area contributed by atoms with Crippen LogP contribution >= 0.6 is 0 Å². The predicted octanol–water partition coefficient (Wildman–Crippen LogP) is 2.40. The first-order chi connectivity index (χ1) is 8.80. The lowest BCUT2D eigenvalue weighted by molar-refractivity contribution is 0.285. The number of fused-ring (bicyclic) bond motifs is 1. The minimum absolute atomic E-state index is 0.358.